The Bertz CT molecular complexity index is 572. The first-order valence-electron chi connectivity index (χ1n) is 8.32. The van der Waals surface area contributed by atoms with Gasteiger partial charge in [0.15, 0.2) is 5.69 Å². The molecule has 2 fully saturated rings. The largest absolute Gasteiger partial charge is 0.368 e. The molecule has 8 heteroatoms. The van der Waals surface area contributed by atoms with Gasteiger partial charge in [-0.15, -0.1) is 5.10 Å². The molecule has 3 rings (SSSR count). The van der Waals surface area contributed by atoms with E-state index in [2.05, 4.69) is 20.9 Å². The molecule has 23 heavy (non-hydrogen) atoms. The van der Waals surface area contributed by atoms with Crippen LogP contribution < -0.4 is 16.4 Å². The van der Waals surface area contributed by atoms with E-state index >= 15 is 0 Å². The van der Waals surface area contributed by atoms with Gasteiger partial charge in [-0.3, -0.25) is 14.3 Å². The van der Waals surface area contributed by atoms with Crippen molar-refractivity contribution in [3.8, 4) is 0 Å². The summed E-state index contributed by atoms with van der Waals surface area (Å²) in [6.45, 7) is 2.77. The average molecular weight is 320 g/mol. The summed E-state index contributed by atoms with van der Waals surface area (Å²) in [5.41, 5.74) is 4.80. The van der Waals surface area contributed by atoms with Crippen molar-refractivity contribution in [1.29, 1.82) is 0 Å². The summed E-state index contributed by atoms with van der Waals surface area (Å²) in [7, 11) is 0. The summed E-state index contributed by atoms with van der Waals surface area (Å²) in [5.74, 6) is -0.337. The molecule has 8 nitrogen and oxygen atoms in total. The van der Waals surface area contributed by atoms with Gasteiger partial charge in [0, 0.05) is 6.54 Å². The third-order valence-corrected chi connectivity index (χ3v) is 4.90. The maximum absolute atomic E-state index is 12.4. The minimum atomic E-state index is -0.922. The summed E-state index contributed by atoms with van der Waals surface area (Å²) in [4.78, 5) is 24.1. The van der Waals surface area contributed by atoms with E-state index in [0.29, 0.717) is 18.8 Å². The molecule has 1 aromatic heterocycles. The van der Waals surface area contributed by atoms with Crippen LogP contribution >= 0.6 is 0 Å². The van der Waals surface area contributed by atoms with Gasteiger partial charge in [0.05, 0.1) is 6.20 Å². The van der Waals surface area contributed by atoms with E-state index in [4.69, 9.17) is 5.73 Å². The van der Waals surface area contributed by atoms with E-state index in [-0.39, 0.29) is 11.6 Å². The number of nitrogens with zero attached hydrogens (tertiary/aromatic N) is 3. The normalized spacial score (nSPS) is 23.6. The predicted octanol–water partition coefficient (Wildman–Crippen LogP) is -0.194. The summed E-state index contributed by atoms with van der Waals surface area (Å²) < 4.78 is 1.71. The average Bonchev–Trinajstić information content (AvgIpc) is 3.18. The quantitative estimate of drug-likeness (QED) is 0.695. The number of rotatable bonds is 5. The monoisotopic (exact) mass is 320 g/mol. The Balaban J connectivity index is 1.62. The molecule has 0 spiro atoms. The highest BCUT2D eigenvalue weighted by Crippen LogP contribution is 2.29. The minimum Gasteiger partial charge on any atom is -0.368 e. The van der Waals surface area contributed by atoms with Crippen LogP contribution in [0.1, 0.15) is 49.0 Å². The van der Waals surface area contributed by atoms with Crippen LogP contribution in [0.4, 0.5) is 0 Å². The molecule has 126 valence electrons. The molecule has 0 aromatic carbocycles. The number of aromatic nitrogens is 3. The lowest BCUT2D eigenvalue weighted by Gasteiger charge is -2.25. The molecule has 1 aliphatic heterocycles. The van der Waals surface area contributed by atoms with Crippen molar-refractivity contribution in [3.63, 3.8) is 0 Å². The molecule has 4 N–H and O–H groups in total. The second-order valence-electron chi connectivity index (χ2n) is 6.65. The lowest BCUT2D eigenvalue weighted by atomic mass is 9.96. The first kappa shape index (κ1) is 15.9. The maximum atomic E-state index is 12.4. The van der Waals surface area contributed by atoms with Gasteiger partial charge in [0.25, 0.3) is 5.91 Å². The topological polar surface area (TPSA) is 115 Å². The molecule has 2 aliphatic rings. The van der Waals surface area contributed by atoms with Crippen LogP contribution in [-0.4, -0.2) is 45.4 Å². The van der Waals surface area contributed by atoms with Crippen molar-refractivity contribution >= 4 is 11.8 Å². The predicted molar refractivity (Wildman–Crippen MR) is 83.5 cm³/mol. The van der Waals surface area contributed by atoms with Crippen LogP contribution in [0.25, 0.3) is 0 Å². The fourth-order valence-electron chi connectivity index (χ4n) is 3.53. The molecule has 1 aliphatic carbocycles. The zero-order valence-electron chi connectivity index (χ0n) is 13.3. The van der Waals surface area contributed by atoms with Crippen molar-refractivity contribution in [1.82, 2.24) is 25.6 Å². The number of carbonyl (C=O) groups is 2. The van der Waals surface area contributed by atoms with Crippen molar-refractivity contribution in [2.24, 2.45) is 11.7 Å². The second-order valence-corrected chi connectivity index (χ2v) is 6.65. The van der Waals surface area contributed by atoms with E-state index in [9.17, 15) is 9.59 Å². The number of nitrogens with one attached hydrogen (secondary N) is 2. The van der Waals surface area contributed by atoms with E-state index in [0.717, 1.165) is 45.3 Å². The van der Waals surface area contributed by atoms with Crippen LogP contribution in [0.2, 0.25) is 0 Å². The molecule has 2 heterocycles. The van der Waals surface area contributed by atoms with Crippen LogP contribution in [0.15, 0.2) is 6.20 Å². The van der Waals surface area contributed by atoms with Crippen LogP contribution in [0.3, 0.4) is 0 Å². The lowest BCUT2D eigenvalue weighted by Crippen LogP contribution is -2.55. The number of nitrogens with two attached hydrogens (primary N) is 1. The van der Waals surface area contributed by atoms with E-state index in [1.807, 2.05) is 0 Å². The Labute approximate surface area is 135 Å². The molecule has 1 saturated heterocycles. The Hall–Kier alpha value is -1.96. The van der Waals surface area contributed by atoms with Crippen LogP contribution in [0, 0.1) is 5.92 Å². The van der Waals surface area contributed by atoms with Crippen molar-refractivity contribution in [2.75, 3.05) is 13.1 Å². The highest BCUT2D eigenvalue weighted by Gasteiger charge is 2.41. The second kappa shape index (κ2) is 6.66. The molecule has 0 bridgehead atoms. The van der Waals surface area contributed by atoms with Crippen molar-refractivity contribution < 1.29 is 9.59 Å². The van der Waals surface area contributed by atoms with Crippen LogP contribution in [0.5, 0.6) is 0 Å². The van der Waals surface area contributed by atoms with Crippen molar-refractivity contribution in [2.45, 2.75) is 50.6 Å². The Morgan fingerprint density at radius 1 is 1.39 bits per heavy atom. The van der Waals surface area contributed by atoms with Crippen LogP contribution in [-0.2, 0) is 11.3 Å². The van der Waals surface area contributed by atoms with E-state index < -0.39 is 11.4 Å². The number of piperidine rings is 1. The molecule has 2 amide bonds. The van der Waals surface area contributed by atoms with Gasteiger partial charge in [0.2, 0.25) is 5.91 Å². The molecular formula is C15H24N6O2. The fraction of sp³-hybridized carbons (Fsp3) is 0.733. The SMILES string of the molecule is NC(=O)C1(NC(=O)c2cn(CC3CCCNC3)nn2)CCCC1. The van der Waals surface area contributed by atoms with Gasteiger partial charge in [0.1, 0.15) is 5.54 Å². The summed E-state index contributed by atoms with van der Waals surface area (Å²) in [5, 5.41) is 14.1. The van der Waals surface area contributed by atoms with Gasteiger partial charge >= 0.3 is 0 Å². The standard InChI is InChI=1S/C15H24N6O2/c16-14(23)15(5-1-2-6-15)18-13(22)12-10-21(20-19-12)9-11-4-3-7-17-8-11/h10-11,17H,1-9H2,(H2,16,23)(H,18,22). The summed E-state index contributed by atoms with van der Waals surface area (Å²) >= 11 is 0. The highest BCUT2D eigenvalue weighted by atomic mass is 16.2. The van der Waals surface area contributed by atoms with Gasteiger partial charge in [-0.05, 0) is 44.7 Å². The number of hydrogen-bond donors (Lipinski definition) is 3. The number of hydrogen-bond acceptors (Lipinski definition) is 5. The first-order valence-corrected chi connectivity index (χ1v) is 8.32. The minimum absolute atomic E-state index is 0.237. The van der Waals surface area contributed by atoms with E-state index in [1.54, 1.807) is 10.9 Å². The van der Waals surface area contributed by atoms with E-state index in [1.165, 1.54) is 0 Å². The Morgan fingerprint density at radius 2 is 2.17 bits per heavy atom. The van der Waals surface area contributed by atoms with Gasteiger partial charge in [-0.2, -0.15) is 0 Å². The Morgan fingerprint density at radius 3 is 2.83 bits per heavy atom. The molecule has 1 unspecified atom stereocenters. The number of amides is 2. The summed E-state index contributed by atoms with van der Waals surface area (Å²) in [6, 6.07) is 0. The highest BCUT2D eigenvalue weighted by molar-refractivity contribution is 5.97. The number of carbonyl (C=O) groups excluding carboxylic acids is 2. The first-order chi connectivity index (χ1) is 11.1. The number of primary amides is 1. The molecule has 0 radical (unpaired) electrons. The third-order valence-electron chi connectivity index (χ3n) is 4.90. The zero-order chi connectivity index (χ0) is 16.3. The summed E-state index contributed by atoms with van der Waals surface area (Å²) in [6.07, 6.45) is 6.93. The zero-order valence-corrected chi connectivity index (χ0v) is 13.3. The fourth-order valence-corrected chi connectivity index (χ4v) is 3.53. The molecular weight excluding hydrogens is 296 g/mol. The Kier molecular flexibility index (Phi) is 4.61. The molecule has 1 saturated carbocycles. The van der Waals surface area contributed by atoms with Gasteiger partial charge in [-0.1, -0.05) is 18.1 Å². The maximum Gasteiger partial charge on any atom is 0.274 e. The van der Waals surface area contributed by atoms with Gasteiger partial charge < -0.3 is 16.4 Å². The lowest BCUT2D eigenvalue weighted by molar-refractivity contribution is -0.123. The smallest absolute Gasteiger partial charge is 0.274 e. The van der Waals surface area contributed by atoms with Gasteiger partial charge in [-0.25, -0.2) is 0 Å². The molecule has 1 aromatic rings. The third kappa shape index (κ3) is 3.52. The molecule has 1 atom stereocenters. The van der Waals surface area contributed by atoms with Crippen molar-refractivity contribution in [3.05, 3.63) is 11.9 Å².